The van der Waals surface area contributed by atoms with Gasteiger partial charge in [-0.15, -0.1) is 0 Å². The van der Waals surface area contributed by atoms with E-state index < -0.39 is 5.97 Å². The van der Waals surface area contributed by atoms with Gasteiger partial charge < -0.3 is 15.2 Å². The minimum absolute atomic E-state index is 0.0648. The highest BCUT2D eigenvalue weighted by Crippen LogP contribution is 2.45. The molecule has 0 fully saturated rings. The van der Waals surface area contributed by atoms with Gasteiger partial charge in [-0.3, -0.25) is 0 Å². The van der Waals surface area contributed by atoms with Crippen molar-refractivity contribution in [3.63, 3.8) is 0 Å². The van der Waals surface area contributed by atoms with Crippen LogP contribution in [0.2, 0.25) is 0 Å². The van der Waals surface area contributed by atoms with E-state index in [9.17, 15) is 9.59 Å². The maximum atomic E-state index is 12.1. The molecule has 0 spiro atoms. The number of aromatic carboxylic acids is 1. The highest BCUT2D eigenvalue weighted by Gasteiger charge is 2.41. The summed E-state index contributed by atoms with van der Waals surface area (Å²) >= 11 is 0. The standard InChI is InChI=1S/C16H17NO4/c1-2-21-16(20)14-11-5-3-4-10(11)12-8-9(15(18)19)6-7-13(12)17-14/h3-4,6-8,10-11,14,17H,2,5H2,1H3,(H,18,19)/t10-,11-,14+/m1/s1. The van der Waals surface area contributed by atoms with E-state index in [-0.39, 0.29) is 29.4 Å². The Kier molecular flexibility index (Phi) is 3.41. The molecule has 1 aromatic carbocycles. The number of esters is 1. The lowest BCUT2D eigenvalue weighted by Gasteiger charge is -2.35. The third-order valence-corrected chi connectivity index (χ3v) is 4.15. The Hall–Kier alpha value is -2.30. The summed E-state index contributed by atoms with van der Waals surface area (Å²) in [6.45, 7) is 2.14. The Morgan fingerprint density at radius 1 is 1.43 bits per heavy atom. The van der Waals surface area contributed by atoms with Crippen molar-refractivity contribution in [2.24, 2.45) is 5.92 Å². The first-order valence-electron chi connectivity index (χ1n) is 7.09. The topological polar surface area (TPSA) is 75.6 Å². The summed E-state index contributed by atoms with van der Waals surface area (Å²) in [5.41, 5.74) is 2.02. The van der Waals surface area contributed by atoms with E-state index in [4.69, 9.17) is 9.84 Å². The van der Waals surface area contributed by atoms with Crippen molar-refractivity contribution in [3.05, 3.63) is 41.5 Å². The smallest absolute Gasteiger partial charge is 0.335 e. The number of rotatable bonds is 3. The molecule has 1 aliphatic heterocycles. The number of carboxylic acids is 1. The number of carbonyl (C=O) groups is 2. The third kappa shape index (κ3) is 2.28. The molecule has 1 aromatic rings. The summed E-state index contributed by atoms with van der Waals surface area (Å²) in [7, 11) is 0. The van der Waals surface area contributed by atoms with E-state index in [1.165, 1.54) is 0 Å². The second kappa shape index (κ2) is 5.24. The molecule has 0 saturated heterocycles. The zero-order valence-corrected chi connectivity index (χ0v) is 11.7. The number of hydrogen-bond donors (Lipinski definition) is 2. The molecule has 1 heterocycles. The van der Waals surface area contributed by atoms with Crippen molar-refractivity contribution in [2.75, 3.05) is 11.9 Å². The first kappa shape index (κ1) is 13.7. The highest BCUT2D eigenvalue weighted by molar-refractivity contribution is 5.89. The van der Waals surface area contributed by atoms with Crippen LogP contribution in [0.3, 0.4) is 0 Å². The molecule has 0 aromatic heterocycles. The normalized spacial score (nSPS) is 25.7. The van der Waals surface area contributed by atoms with Crippen molar-refractivity contribution in [1.29, 1.82) is 0 Å². The van der Waals surface area contributed by atoms with Gasteiger partial charge in [-0.05, 0) is 37.1 Å². The summed E-state index contributed by atoms with van der Waals surface area (Å²) in [4.78, 5) is 23.2. The molecule has 0 amide bonds. The Balaban J connectivity index is 1.98. The minimum atomic E-state index is -0.941. The van der Waals surface area contributed by atoms with E-state index in [0.717, 1.165) is 17.7 Å². The Labute approximate surface area is 122 Å². The summed E-state index contributed by atoms with van der Waals surface area (Å²) in [6.07, 6.45) is 4.89. The van der Waals surface area contributed by atoms with Crippen molar-refractivity contribution in [1.82, 2.24) is 0 Å². The van der Waals surface area contributed by atoms with Crippen LogP contribution in [0.1, 0.15) is 35.2 Å². The molecule has 0 bridgehead atoms. The molecule has 2 N–H and O–H groups in total. The van der Waals surface area contributed by atoms with Gasteiger partial charge in [0.1, 0.15) is 6.04 Å². The van der Waals surface area contributed by atoms with Crippen LogP contribution in [-0.2, 0) is 9.53 Å². The number of carboxylic acid groups (broad SMARTS) is 1. The first-order valence-corrected chi connectivity index (χ1v) is 7.09. The molecule has 5 nitrogen and oxygen atoms in total. The maximum absolute atomic E-state index is 12.1. The number of nitrogens with one attached hydrogen (secondary N) is 1. The lowest BCUT2D eigenvalue weighted by molar-refractivity contribution is -0.145. The fraction of sp³-hybridized carbons (Fsp3) is 0.375. The molecular weight excluding hydrogens is 270 g/mol. The molecular formula is C16H17NO4. The molecule has 110 valence electrons. The number of allylic oxidation sites excluding steroid dienone is 2. The molecule has 3 atom stereocenters. The largest absolute Gasteiger partial charge is 0.478 e. The van der Waals surface area contributed by atoms with Crippen LogP contribution in [0, 0.1) is 5.92 Å². The van der Waals surface area contributed by atoms with Gasteiger partial charge in [-0.1, -0.05) is 12.2 Å². The monoisotopic (exact) mass is 287 g/mol. The van der Waals surface area contributed by atoms with Crippen LogP contribution in [0.5, 0.6) is 0 Å². The van der Waals surface area contributed by atoms with Crippen molar-refractivity contribution in [2.45, 2.75) is 25.3 Å². The Bertz CT molecular complexity index is 623. The molecule has 3 rings (SSSR count). The van der Waals surface area contributed by atoms with Gasteiger partial charge in [-0.2, -0.15) is 0 Å². The predicted octanol–water partition coefficient (Wildman–Crippen LogP) is 2.40. The van der Waals surface area contributed by atoms with Gasteiger partial charge in [-0.25, -0.2) is 9.59 Å². The number of hydrogen-bond acceptors (Lipinski definition) is 4. The summed E-state index contributed by atoms with van der Waals surface area (Å²) in [6, 6.07) is 4.59. The van der Waals surface area contributed by atoms with Gasteiger partial charge in [0.25, 0.3) is 0 Å². The number of ether oxygens (including phenoxy) is 1. The fourth-order valence-electron chi connectivity index (χ4n) is 3.19. The zero-order chi connectivity index (χ0) is 15.0. The van der Waals surface area contributed by atoms with Crippen LogP contribution < -0.4 is 5.32 Å². The molecule has 0 radical (unpaired) electrons. The van der Waals surface area contributed by atoms with Crippen molar-refractivity contribution in [3.8, 4) is 0 Å². The van der Waals surface area contributed by atoms with E-state index >= 15 is 0 Å². The average molecular weight is 287 g/mol. The van der Waals surface area contributed by atoms with Crippen LogP contribution in [0.25, 0.3) is 0 Å². The maximum Gasteiger partial charge on any atom is 0.335 e. The number of fused-ring (bicyclic) bond motifs is 3. The first-order chi connectivity index (χ1) is 10.1. The van der Waals surface area contributed by atoms with Gasteiger partial charge in [0.05, 0.1) is 12.2 Å². The van der Waals surface area contributed by atoms with Crippen LogP contribution in [0.15, 0.2) is 30.4 Å². The highest BCUT2D eigenvalue weighted by atomic mass is 16.5. The second-order valence-electron chi connectivity index (χ2n) is 5.33. The van der Waals surface area contributed by atoms with Crippen LogP contribution >= 0.6 is 0 Å². The van der Waals surface area contributed by atoms with Crippen LogP contribution in [0.4, 0.5) is 5.69 Å². The van der Waals surface area contributed by atoms with Gasteiger partial charge in [0.2, 0.25) is 0 Å². The SMILES string of the molecule is CCOC(=O)[C@H]1Nc2ccc(C(=O)O)cc2[C@@H]2C=CC[C@@H]12. The number of carbonyl (C=O) groups excluding carboxylic acids is 1. The van der Waals surface area contributed by atoms with Gasteiger partial charge in [0, 0.05) is 17.5 Å². The molecule has 1 aliphatic carbocycles. The quantitative estimate of drug-likeness (QED) is 0.659. The third-order valence-electron chi connectivity index (χ3n) is 4.15. The fourth-order valence-corrected chi connectivity index (χ4v) is 3.19. The predicted molar refractivity (Wildman–Crippen MR) is 77.4 cm³/mol. The lowest BCUT2D eigenvalue weighted by atomic mass is 9.79. The Morgan fingerprint density at radius 3 is 2.95 bits per heavy atom. The van der Waals surface area contributed by atoms with Gasteiger partial charge in [0.15, 0.2) is 0 Å². The van der Waals surface area contributed by atoms with Crippen molar-refractivity contribution >= 4 is 17.6 Å². The molecule has 5 heteroatoms. The lowest BCUT2D eigenvalue weighted by Crippen LogP contribution is -2.43. The Morgan fingerprint density at radius 2 is 2.24 bits per heavy atom. The number of anilines is 1. The molecule has 21 heavy (non-hydrogen) atoms. The van der Waals surface area contributed by atoms with Crippen LogP contribution in [-0.4, -0.2) is 29.7 Å². The zero-order valence-electron chi connectivity index (χ0n) is 11.7. The minimum Gasteiger partial charge on any atom is -0.478 e. The van der Waals surface area contributed by atoms with Gasteiger partial charge >= 0.3 is 11.9 Å². The second-order valence-corrected chi connectivity index (χ2v) is 5.33. The van der Waals surface area contributed by atoms with Crippen molar-refractivity contribution < 1.29 is 19.4 Å². The molecule has 2 aliphatic rings. The van der Waals surface area contributed by atoms with E-state index in [0.29, 0.717) is 6.61 Å². The van der Waals surface area contributed by atoms with E-state index in [1.54, 1.807) is 25.1 Å². The average Bonchev–Trinajstić information content (AvgIpc) is 2.95. The molecule has 0 unspecified atom stereocenters. The van der Waals surface area contributed by atoms with E-state index in [2.05, 4.69) is 11.4 Å². The molecule has 0 saturated carbocycles. The summed E-state index contributed by atoms with van der Waals surface area (Å²) < 4.78 is 5.14. The summed E-state index contributed by atoms with van der Waals surface area (Å²) in [5, 5.41) is 12.3. The van der Waals surface area contributed by atoms with E-state index in [1.807, 2.05) is 6.08 Å². The summed E-state index contributed by atoms with van der Waals surface area (Å²) in [5.74, 6) is -1.04. The number of benzene rings is 1.